The molecular weight excluding hydrogens is 90.1 g/mol. The molecule has 0 amide bonds. The number of hydrogen-bond acceptors (Lipinski definition) is 1. The third-order valence-electron chi connectivity index (χ3n) is 0.468. The summed E-state index contributed by atoms with van der Waals surface area (Å²) in [6.07, 6.45) is 5.07. The minimum absolute atomic E-state index is 0.0955. The molecule has 7 heavy (non-hydrogen) atoms. The highest BCUT2D eigenvalue weighted by atomic mass is 16.3. The van der Waals surface area contributed by atoms with Gasteiger partial charge >= 0.3 is 5.88 Å². The highest BCUT2D eigenvalue weighted by Crippen LogP contribution is 1.75. The fourth-order valence-electron chi connectivity index (χ4n) is 0.200. The average Bonchev–Trinajstić information content (AvgIpc) is 1.61. The second-order valence-electron chi connectivity index (χ2n) is 1.15. The molecule has 0 aromatic rings. The number of hydrogen-bond donors (Lipinski definition) is 1. The van der Waals surface area contributed by atoms with Crippen LogP contribution in [0.1, 0.15) is 6.92 Å². The average molecular weight is 100 g/mol. The maximum absolute atomic E-state index is 6.67. The first-order valence-electron chi connectivity index (χ1n) is 2.07. The summed E-state index contributed by atoms with van der Waals surface area (Å²) in [6, 6.07) is 0. The predicted molar refractivity (Wildman–Crippen MR) is 30.7 cm³/mol. The first-order valence-corrected chi connectivity index (χ1v) is 2.07. The Labute approximate surface area is 43.0 Å². The Balaban J connectivity index is 3.46. The standard InChI is InChI=1S/C5H9NO/c1-2-3-4-5(6)7/h2-4,7H,6H2,1H3/p+1/b3-2+,5-4+. The molecule has 0 fully saturated rings. The predicted octanol–water partition coefficient (Wildman–Crippen LogP) is 0.0872. The molecule has 0 saturated carbocycles. The summed E-state index contributed by atoms with van der Waals surface area (Å²) < 4.78 is 0. The van der Waals surface area contributed by atoms with Crippen LogP contribution in [0.3, 0.4) is 0 Å². The highest BCUT2D eigenvalue weighted by molar-refractivity contribution is 5.02. The fraction of sp³-hybridized carbons (Fsp3) is 0.200. The maximum Gasteiger partial charge on any atom is 0.327 e. The van der Waals surface area contributed by atoms with Gasteiger partial charge in [-0.05, 0) is 6.92 Å². The zero-order valence-corrected chi connectivity index (χ0v) is 4.31. The Morgan fingerprint density at radius 3 is 2.43 bits per heavy atom. The lowest BCUT2D eigenvalue weighted by Crippen LogP contribution is -1.91. The van der Waals surface area contributed by atoms with Crippen molar-refractivity contribution < 1.29 is 5.11 Å². The van der Waals surface area contributed by atoms with Crippen LogP contribution in [0, 0.1) is 0 Å². The van der Waals surface area contributed by atoms with Crippen LogP contribution < -0.4 is 5.73 Å². The van der Waals surface area contributed by atoms with Crippen LogP contribution in [-0.2, 0) is 0 Å². The molecule has 0 unspecified atom stereocenters. The van der Waals surface area contributed by atoms with Crippen molar-refractivity contribution in [1.29, 1.82) is 0 Å². The fourth-order valence-corrected chi connectivity index (χ4v) is 0.200. The van der Waals surface area contributed by atoms with E-state index in [4.69, 9.17) is 10.8 Å². The van der Waals surface area contributed by atoms with Gasteiger partial charge < -0.3 is 10.8 Å². The molecule has 0 aliphatic rings. The van der Waals surface area contributed by atoms with Gasteiger partial charge in [0.1, 0.15) is 0 Å². The van der Waals surface area contributed by atoms with Gasteiger partial charge in [-0.15, -0.1) is 0 Å². The second kappa shape index (κ2) is 3.28. The first kappa shape index (κ1) is 6.08. The first-order chi connectivity index (χ1) is 3.27. The van der Waals surface area contributed by atoms with Crippen LogP contribution in [0.2, 0.25) is 0 Å². The van der Waals surface area contributed by atoms with E-state index in [1.54, 1.807) is 6.08 Å². The lowest BCUT2D eigenvalue weighted by molar-refractivity contribution is 0.406. The van der Waals surface area contributed by atoms with E-state index in [0.29, 0.717) is 0 Å². The molecule has 0 saturated heterocycles. The summed E-state index contributed by atoms with van der Waals surface area (Å²) in [5.74, 6) is 0.0955. The number of nitrogens with two attached hydrogens (primary N) is 1. The van der Waals surface area contributed by atoms with Gasteiger partial charge in [0.2, 0.25) is 0 Å². The van der Waals surface area contributed by atoms with E-state index in [0.717, 1.165) is 0 Å². The molecule has 0 aromatic carbocycles. The molecule has 40 valence electrons. The molecule has 2 heteroatoms. The van der Waals surface area contributed by atoms with E-state index < -0.39 is 0 Å². The van der Waals surface area contributed by atoms with Gasteiger partial charge in [0, 0.05) is 0 Å². The Morgan fingerprint density at radius 1 is 1.71 bits per heavy atom. The third kappa shape index (κ3) is 5.08. The van der Waals surface area contributed by atoms with E-state index in [1.807, 2.05) is 13.0 Å². The molecule has 0 aliphatic carbocycles. The van der Waals surface area contributed by atoms with Crippen molar-refractivity contribution in [1.82, 2.24) is 0 Å². The zero-order chi connectivity index (χ0) is 5.70. The van der Waals surface area contributed by atoms with Gasteiger partial charge in [0.25, 0.3) is 0 Å². The number of allylic oxidation sites excluding steroid dienone is 3. The summed E-state index contributed by atoms with van der Waals surface area (Å²) in [5, 5.41) is 6.67. The SMILES string of the molecule is C/C=C/C=C(\N)[OH2+]. The van der Waals surface area contributed by atoms with E-state index in [-0.39, 0.29) is 5.88 Å². The van der Waals surface area contributed by atoms with Crippen molar-refractivity contribution in [3.05, 3.63) is 24.1 Å². The van der Waals surface area contributed by atoms with Crippen molar-refractivity contribution in [2.75, 3.05) is 0 Å². The van der Waals surface area contributed by atoms with Crippen LogP contribution in [-0.4, -0.2) is 5.11 Å². The normalized spacial score (nSPS) is 13.0. The van der Waals surface area contributed by atoms with E-state index in [1.165, 1.54) is 6.08 Å². The highest BCUT2D eigenvalue weighted by Gasteiger charge is 1.75. The topological polar surface area (TPSA) is 48.9 Å². The van der Waals surface area contributed by atoms with Crippen LogP contribution in [0.4, 0.5) is 0 Å². The summed E-state index contributed by atoms with van der Waals surface area (Å²) in [4.78, 5) is 0. The van der Waals surface area contributed by atoms with Crippen molar-refractivity contribution in [3.8, 4) is 0 Å². The lowest BCUT2D eigenvalue weighted by atomic mass is 10.5. The van der Waals surface area contributed by atoms with Gasteiger partial charge in [-0.25, -0.2) is 0 Å². The molecule has 0 heterocycles. The molecular formula is C5H10NO+. The van der Waals surface area contributed by atoms with Crippen molar-refractivity contribution in [2.24, 2.45) is 5.73 Å². The summed E-state index contributed by atoms with van der Waals surface area (Å²) in [5.41, 5.74) is 4.96. The zero-order valence-electron chi connectivity index (χ0n) is 4.31. The summed E-state index contributed by atoms with van der Waals surface area (Å²) >= 11 is 0. The minimum atomic E-state index is 0.0955. The third-order valence-corrected chi connectivity index (χ3v) is 0.468. The van der Waals surface area contributed by atoms with Crippen molar-refractivity contribution >= 4 is 0 Å². The van der Waals surface area contributed by atoms with Gasteiger partial charge in [-0.3, -0.25) is 0 Å². The van der Waals surface area contributed by atoms with Gasteiger partial charge in [0.15, 0.2) is 0 Å². The van der Waals surface area contributed by atoms with Gasteiger partial charge in [-0.1, -0.05) is 12.2 Å². The molecule has 0 radical (unpaired) electrons. The lowest BCUT2D eigenvalue weighted by Gasteiger charge is -1.74. The Kier molecular flexibility index (Phi) is 2.85. The largest absolute Gasteiger partial charge is 0.580 e. The Hall–Kier alpha value is -0.920. The van der Waals surface area contributed by atoms with Gasteiger partial charge in [-0.2, -0.15) is 0 Å². The minimum Gasteiger partial charge on any atom is -0.580 e. The molecule has 2 nitrogen and oxygen atoms in total. The monoisotopic (exact) mass is 100 g/mol. The number of rotatable bonds is 1. The van der Waals surface area contributed by atoms with Crippen LogP contribution in [0.25, 0.3) is 0 Å². The van der Waals surface area contributed by atoms with Crippen molar-refractivity contribution in [2.45, 2.75) is 6.92 Å². The molecule has 0 atom stereocenters. The smallest absolute Gasteiger partial charge is 0.327 e. The van der Waals surface area contributed by atoms with E-state index >= 15 is 0 Å². The van der Waals surface area contributed by atoms with Crippen LogP contribution >= 0.6 is 0 Å². The van der Waals surface area contributed by atoms with Crippen LogP contribution in [0.5, 0.6) is 0 Å². The second-order valence-corrected chi connectivity index (χ2v) is 1.15. The molecule has 0 spiro atoms. The van der Waals surface area contributed by atoms with Gasteiger partial charge in [0.05, 0.1) is 6.08 Å². The maximum atomic E-state index is 6.67. The summed E-state index contributed by atoms with van der Waals surface area (Å²) in [7, 11) is 0. The Bertz CT molecular complexity index is 90.3. The molecule has 4 N–H and O–H groups in total. The molecule has 0 aliphatic heterocycles. The van der Waals surface area contributed by atoms with Crippen molar-refractivity contribution in [3.63, 3.8) is 0 Å². The Morgan fingerprint density at radius 2 is 2.29 bits per heavy atom. The quantitative estimate of drug-likeness (QED) is 0.283. The molecule has 0 rings (SSSR count). The van der Waals surface area contributed by atoms with E-state index in [9.17, 15) is 0 Å². The van der Waals surface area contributed by atoms with E-state index in [2.05, 4.69) is 0 Å². The molecule has 0 aromatic heterocycles. The summed E-state index contributed by atoms with van der Waals surface area (Å²) in [6.45, 7) is 1.87. The molecule has 0 bridgehead atoms. The van der Waals surface area contributed by atoms with Crippen LogP contribution in [0.15, 0.2) is 24.1 Å².